The number of hydrogen-bond donors (Lipinski definition) is 1. The average molecular weight is 305 g/mol. The van der Waals surface area contributed by atoms with Gasteiger partial charge in [0.25, 0.3) is 0 Å². The first-order valence-electron chi connectivity index (χ1n) is 8.15. The fraction of sp³-hybridized carbons (Fsp3) is 0.250. The van der Waals surface area contributed by atoms with Crippen LogP contribution in [0.15, 0.2) is 66.9 Å². The minimum Gasteiger partial charge on any atom is -0.329 e. The second kappa shape index (κ2) is 7.86. The summed E-state index contributed by atoms with van der Waals surface area (Å²) in [7, 11) is 0. The Bertz CT molecular complexity index is 740. The van der Waals surface area contributed by atoms with Crippen molar-refractivity contribution < 1.29 is 0 Å². The summed E-state index contributed by atoms with van der Waals surface area (Å²) in [5.41, 5.74) is 9.44. The topological polar surface area (TPSA) is 42.1 Å². The van der Waals surface area contributed by atoms with Crippen molar-refractivity contribution in [2.45, 2.75) is 13.0 Å². The average Bonchev–Trinajstić information content (AvgIpc) is 2.61. The lowest BCUT2D eigenvalue weighted by Crippen LogP contribution is -2.31. The molecule has 1 heterocycles. The van der Waals surface area contributed by atoms with Gasteiger partial charge in [0.05, 0.1) is 5.52 Å². The van der Waals surface area contributed by atoms with Gasteiger partial charge in [-0.3, -0.25) is 9.88 Å². The third-order valence-corrected chi connectivity index (χ3v) is 4.06. The van der Waals surface area contributed by atoms with Gasteiger partial charge in [0.1, 0.15) is 0 Å². The highest BCUT2D eigenvalue weighted by molar-refractivity contribution is 5.78. The molecule has 2 aromatic carbocycles. The molecule has 0 fully saturated rings. The number of nitrogens with two attached hydrogens (primary N) is 1. The van der Waals surface area contributed by atoms with Crippen LogP contribution in [-0.4, -0.2) is 29.5 Å². The lowest BCUT2D eigenvalue weighted by Gasteiger charge is -2.21. The van der Waals surface area contributed by atoms with Crippen LogP contribution < -0.4 is 5.73 Å². The summed E-state index contributed by atoms with van der Waals surface area (Å²) in [6, 6.07) is 21.1. The second-order valence-electron chi connectivity index (χ2n) is 5.84. The number of fused-ring (bicyclic) bond motifs is 1. The van der Waals surface area contributed by atoms with Crippen molar-refractivity contribution in [3.63, 3.8) is 0 Å². The minimum atomic E-state index is 0.676. The van der Waals surface area contributed by atoms with E-state index in [0.29, 0.717) is 6.54 Å². The maximum Gasteiger partial charge on any atom is 0.0702 e. The van der Waals surface area contributed by atoms with Crippen molar-refractivity contribution in [2.75, 3.05) is 19.6 Å². The molecule has 0 aliphatic carbocycles. The maximum atomic E-state index is 5.79. The Morgan fingerprint density at radius 3 is 2.48 bits per heavy atom. The Kier molecular flexibility index (Phi) is 5.35. The monoisotopic (exact) mass is 305 g/mol. The van der Waals surface area contributed by atoms with E-state index < -0.39 is 0 Å². The summed E-state index contributed by atoms with van der Waals surface area (Å²) in [4.78, 5) is 6.96. The van der Waals surface area contributed by atoms with E-state index in [9.17, 15) is 0 Å². The van der Waals surface area contributed by atoms with Crippen LogP contribution in [0.4, 0.5) is 0 Å². The lowest BCUT2D eigenvalue weighted by atomic mass is 10.1. The van der Waals surface area contributed by atoms with Gasteiger partial charge in [-0.15, -0.1) is 0 Å². The van der Waals surface area contributed by atoms with Crippen molar-refractivity contribution in [1.82, 2.24) is 9.88 Å². The van der Waals surface area contributed by atoms with E-state index in [2.05, 4.69) is 58.4 Å². The molecule has 0 spiro atoms. The smallest absolute Gasteiger partial charge is 0.0702 e. The molecule has 0 bridgehead atoms. The molecule has 0 aliphatic heterocycles. The van der Waals surface area contributed by atoms with E-state index in [-0.39, 0.29) is 0 Å². The number of hydrogen-bond acceptors (Lipinski definition) is 3. The Hall–Kier alpha value is -2.23. The molecule has 0 saturated carbocycles. The molecule has 2 N–H and O–H groups in total. The van der Waals surface area contributed by atoms with Gasteiger partial charge in [0.2, 0.25) is 0 Å². The molecule has 0 amide bonds. The number of nitrogens with zero attached hydrogens (tertiary/aromatic N) is 2. The molecule has 0 radical (unpaired) electrons. The largest absolute Gasteiger partial charge is 0.329 e. The standard InChI is InChI=1S/C20H23N3/c21-11-13-23(12-10-17-6-2-1-3-7-17)16-18-14-19-8-4-5-9-20(19)22-15-18/h1-9,14-15H,10-13,16,21H2. The van der Waals surface area contributed by atoms with Crippen LogP contribution in [-0.2, 0) is 13.0 Å². The highest BCUT2D eigenvalue weighted by atomic mass is 15.1. The second-order valence-corrected chi connectivity index (χ2v) is 5.84. The first-order valence-corrected chi connectivity index (χ1v) is 8.15. The van der Waals surface area contributed by atoms with Crippen molar-refractivity contribution >= 4 is 10.9 Å². The van der Waals surface area contributed by atoms with Crippen molar-refractivity contribution in [1.29, 1.82) is 0 Å². The molecule has 3 aromatic rings. The quantitative estimate of drug-likeness (QED) is 0.728. The van der Waals surface area contributed by atoms with E-state index in [4.69, 9.17) is 5.73 Å². The van der Waals surface area contributed by atoms with E-state index in [1.807, 2.05) is 18.3 Å². The molecule has 0 saturated heterocycles. The normalized spacial score (nSPS) is 11.2. The number of para-hydroxylation sites is 1. The van der Waals surface area contributed by atoms with Crippen LogP contribution in [0.1, 0.15) is 11.1 Å². The van der Waals surface area contributed by atoms with Gasteiger partial charge in [-0.25, -0.2) is 0 Å². The summed E-state index contributed by atoms with van der Waals surface area (Å²) < 4.78 is 0. The molecule has 0 aliphatic rings. The Morgan fingerprint density at radius 1 is 0.870 bits per heavy atom. The fourth-order valence-electron chi connectivity index (χ4n) is 2.85. The SMILES string of the molecule is NCCN(CCc1ccccc1)Cc1cnc2ccccc2c1. The summed E-state index contributed by atoms with van der Waals surface area (Å²) in [6.07, 6.45) is 3.02. The van der Waals surface area contributed by atoms with Gasteiger partial charge < -0.3 is 5.73 Å². The number of rotatable bonds is 7. The number of benzene rings is 2. The van der Waals surface area contributed by atoms with Gasteiger partial charge in [-0.1, -0.05) is 48.5 Å². The van der Waals surface area contributed by atoms with Gasteiger partial charge in [0, 0.05) is 37.8 Å². The predicted octanol–water partition coefficient (Wildman–Crippen LogP) is 3.24. The van der Waals surface area contributed by atoms with Crippen molar-refractivity contribution in [3.05, 3.63) is 78.0 Å². The molecule has 3 rings (SSSR count). The summed E-state index contributed by atoms with van der Waals surface area (Å²) >= 11 is 0. The maximum absolute atomic E-state index is 5.79. The zero-order valence-corrected chi connectivity index (χ0v) is 13.4. The van der Waals surface area contributed by atoms with Crippen molar-refractivity contribution in [2.24, 2.45) is 5.73 Å². The molecular weight excluding hydrogens is 282 g/mol. The van der Waals surface area contributed by atoms with Crippen LogP contribution in [0, 0.1) is 0 Å². The number of aromatic nitrogens is 1. The summed E-state index contributed by atoms with van der Waals surface area (Å²) in [6.45, 7) is 3.48. The highest BCUT2D eigenvalue weighted by Gasteiger charge is 2.07. The first-order chi connectivity index (χ1) is 11.3. The molecule has 118 valence electrons. The Morgan fingerprint density at radius 2 is 1.65 bits per heavy atom. The molecule has 3 heteroatoms. The number of pyridine rings is 1. The van der Waals surface area contributed by atoms with Crippen LogP contribution in [0.2, 0.25) is 0 Å². The summed E-state index contributed by atoms with van der Waals surface area (Å²) in [5, 5.41) is 1.20. The molecular formula is C20H23N3. The summed E-state index contributed by atoms with van der Waals surface area (Å²) in [5.74, 6) is 0. The van der Waals surface area contributed by atoms with Crippen LogP contribution in [0.25, 0.3) is 10.9 Å². The van der Waals surface area contributed by atoms with Crippen LogP contribution in [0.5, 0.6) is 0 Å². The Labute approximate surface area is 137 Å². The molecule has 1 aromatic heterocycles. The van der Waals surface area contributed by atoms with Gasteiger partial charge in [0.15, 0.2) is 0 Å². The third-order valence-electron chi connectivity index (χ3n) is 4.06. The van der Waals surface area contributed by atoms with Crippen LogP contribution >= 0.6 is 0 Å². The molecule has 0 unspecified atom stereocenters. The molecule has 3 nitrogen and oxygen atoms in total. The molecule has 0 atom stereocenters. The third kappa shape index (κ3) is 4.38. The van der Waals surface area contributed by atoms with Gasteiger partial charge in [-0.05, 0) is 29.7 Å². The van der Waals surface area contributed by atoms with E-state index in [1.165, 1.54) is 16.5 Å². The first kappa shape index (κ1) is 15.7. The van der Waals surface area contributed by atoms with Gasteiger partial charge in [-0.2, -0.15) is 0 Å². The van der Waals surface area contributed by atoms with Gasteiger partial charge >= 0.3 is 0 Å². The zero-order chi connectivity index (χ0) is 15.9. The van der Waals surface area contributed by atoms with E-state index in [0.717, 1.165) is 31.6 Å². The highest BCUT2D eigenvalue weighted by Crippen LogP contribution is 2.14. The fourth-order valence-corrected chi connectivity index (χ4v) is 2.85. The van der Waals surface area contributed by atoms with Crippen molar-refractivity contribution in [3.8, 4) is 0 Å². The lowest BCUT2D eigenvalue weighted by molar-refractivity contribution is 0.276. The van der Waals surface area contributed by atoms with E-state index >= 15 is 0 Å². The van der Waals surface area contributed by atoms with E-state index in [1.54, 1.807) is 0 Å². The predicted molar refractivity (Wildman–Crippen MR) is 96.2 cm³/mol. The minimum absolute atomic E-state index is 0.676. The molecule has 23 heavy (non-hydrogen) atoms. The zero-order valence-electron chi connectivity index (χ0n) is 13.4. The van der Waals surface area contributed by atoms with Crippen LogP contribution in [0.3, 0.4) is 0 Å². The Balaban J connectivity index is 1.67.